The van der Waals surface area contributed by atoms with Gasteiger partial charge in [-0.3, -0.25) is 9.59 Å². The van der Waals surface area contributed by atoms with Gasteiger partial charge in [0.1, 0.15) is 22.5 Å². The summed E-state index contributed by atoms with van der Waals surface area (Å²) in [5, 5.41) is 1.00. The molecule has 4 aromatic rings. The van der Waals surface area contributed by atoms with Crippen molar-refractivity contribution in [2.45, 2.75) is 38.8 Å². The Kier molecular flexibility index (Phi) is 7.95. The van der Waals surface area contributed by atoms with E-state index in [2.05, 4.69) is 15.9 Å². The van der Waals surface area contributed by atoms with Crippen LogP contribution in [0.2, 0.25) is 0 Å². The smallest absolute Gasteiger partial charge is 0.303 e. The van der Waals surface area contributed by atoms with Crippen molar-refractivity contribution in [2.75, 3.05) is 7.11 Å². The fraction of sp³-hybridized carbons (Fsp3) is 0.286. The molecule has 36 heavy (non-hydrogen) atoms. The summed E-state index contributed by atoms with van der Waals surface area (Å²) >= 11 is 5.08. The lowest BCUT2D eigenvalue weighted by Crippen LogP contribution is -2.24. The Morgan fingerprint density at radius 2 is 1.83 bits per heavy atom. The van der Waals surface area contributed by atoms with Crippen LogP contribution in [0.1, 0.15) is 43.6 Å². The third-order valence-electron chi connectivity index (χ3n) is 6.02. The molecule has 2 aromatic heterocycles. The molecule has 0 radical (unpaired) electrons. The van der Waals surface area contributed by atoms with E-state index in [9.17, 15) is 14.0 Å². The number of aromatic nitrogens is 1. The topological polar surface area (TPSA) is 57.5 Å². The van der Waals surface area contributed by atoms with Gasteiger partial charge in [0.05, 0.1) is 24.6 Å². The summed E-state index contributed by atoms with van der Waals surface area (Å²) in [5.74, 6) is -0.173. The van der Waals surface area contributed by atoms with Gasteiger partial charge in [0.25, 0.3) is 0 Å². The molecule has 0 bridgehead atoms. The lowest BCUT2D eigenvalue weighted by atomic mass is 9.97. The zero-order chi connectivity index (χ0) is 26.0. The highest BCUT2D eigenvalue weighted by atomic mass is 79.9. The average molecular weight is 572 g/mol. The molecule has 0 amide bonds. The molecule has 4 rings (SSSR count). The van der Waals surface area contributed by atoms with E-state index in [1.165, 1.54) is 24.3 Å². The van der Waals surface area contributed by atoms with Gasteiger partial charge in [-0.25, -0.2) is 4.39 Å². The number of alkyl halides is 1. The van der Waals surface area contributed by atoms with E-state index in [-0.39, 0.29) is 23.7 Å². The molecule has 2 aromatic carbocycles. The second-order valence-corrected chi connectivity index (χ2v) is 10.4. The number of nitrogens with zero attached hydrogens (tertiary/aromatic N) is 1. The van der Waals surface area contributed by atoms with E-state index in [0.29, 0.717) is 21.8 Å². The van der Waals surface area contributed by atoms with Crippen LogP contribution in [-0.2, 0) is 21.4 Å². The van der Waals surface area contributed by atoms with E-state index >= 15 is 0 Å². The van der Waals surface area contributed by atoms with Crippen LogP contribution in [0, 0.1) is 11.7 Å². The molecule has 0 aliphatic rings. The molecule has 1 unspecified atom stereocenters. The van der Waals surface area contributed by atoms with E-state index in [1.54, 1.807) is 31.5 Å². The van der Waals surface area contributed by atoms with Crippen molar-refractivity contribution in [3.8, 4) is 16.2 Å². The average Bonchev–Trinajstić information content (AvgIpc) is 3.26. The molecule has 2 heterocycles. The van der Waals surface area contributed by atoms with Crippen molar-refractivity contribution < 1.29 is 18.7 Å². The summed E-state index contributed by atoms with van der Waals surface area (Å²) in [7, 11) is 1.61. The molecule has 0 aliphatic carbocycles. The lowest BCUT2D eigenvalue weighted by molar-refractivity contribution is -0.149. The number of benzene rings is 2. The van der Waals surface area contributed by atoms with Crippen molar-refractivity contribution >= 4 is 43.5 Å². The molecule has 0 saturated carbocycles. The van der Waals surface area contributed by atoms with Gasteiger partial charge in [0.15, 0.2) is 5.43 Å². The van der Waals surface area contributed by atoms with Crippen LogP contribution < -0.4 is 10.2 Å². The first kappa shape index (κ1) is 26.1. The highest BCUT2D eigenvalue weighted by Gasteiger charge is 2.27. The van der Waals surface area contributed by atoms with Crippen LogP contribution in [-0.4, -0.2) is 17.6 Å². The molecule has 0 fully saturated rings. The molecule has 0 spiro atoms. The Labute approximate surface area is 221 Å². The van der Waals surface area contributed by atoms with E-state index in [0.717, 1.165) is 26.6 Å². The Morgan fingerprint density at radius 3 is 2.42 bits per heavy atom. The summed E-state index contributed by atoms with van der Waals surface area (Å²) in [6.45, 7) is 5.37. The number of rotatable bonds is 8. The van der Waals surface area contributed by atoms with Crippen LogP contribution in [0.5, 0.6) is 5.75 Å². The fourth-order valence-electron chi connectivity index (χ4n) is 4.29. The van der Waals surface area contributed by atoms with E-state index < -0.39 is 12.1 Å². The zero-order valence-electron chi connectivity index (χ0n) is 20.5. The number of methoxy groups -OCH3 is 1. The van der Waals surface area contributed by atoms with Crippen molar-refractivity contribution in [2.24, 2.45) is 5.92 Å². The monoisotopic (exact) mass is 571 g/mol. The van der Waals surface area contributed by atoms with Crippen molar-refractivity contribution in [1.82, 2.24) is 4.57 Å². The van der Waals surface area contributed by atoms with Gasteiger partial charge in [-0.15, -0.1) is 11.3 Å². The minimum atomic E-state index is -0.723. The van der Waals surface area contributed by atoms with Crippen molar-refractivity contribution in [3.63, 3.8) is 0 Å². The number of thiophene rings is 1. The minimum absolute atomic E-state index is 0.131. The number of halogens is 2. The Morgan fingerprint density at radius 1 is 1.14 bits per heavy atom. The van der Waals surface area contributed by atoms with Crippen LogP contribution >= 0.6 is 27.3 Å². The summed E-state index contributed by atoms with van der Waals surface area (Å²) in [6, 6.07) is 14.3. The standard InChI is InChI=1S/C28H27BrFNO4S/c1-16(2)26(35-17(3)32)22-15-31(14-19-7-5-6-8-23(19)30)28-24(25(22)33)21(13-29)27(36-28)18-9-11-20(34-4)12-10-18/h5-12,15-16,26H,13-14H2,1-4H3. The second kappa shape index (κ2) is 11.0. The number of hydrogen-bond donors (Lipinski definition) is 0. The molecule has 188 valence electrons. The summed E-state index contributed by atoms with van der Waals surface area (Å²) in [6.07, 6.45) is 0.996. The number of carbonyl (C=O) groups excluding carboxylic acids is 1. The third-order valence-corrected chi connectivity index (χ3v) is 7.90. The van der Waals surface area contributed by atoms with Gasteiger partial charge in [-0.2, -0.15) is 0 Å². The molecular formula is C28H27BrFNO4S. The van der Waals surface area contributed by atoms with Gasteiger partial charge < -0.3 is 14.0 Å². The van der Waals surface area contributed by atoms with E-state index in [1.807, 2.05) is 42.7 Å². The van der Waals surface area contributed by atoms with E-state index in [4.69, 9.17) is 9.47 Å². The first-order chi connectivity index (χ1) is 17.2. The number of hydrogen-bond acceptors (Lipinski definition) is 5. The molecule has 0 N–H and O–H groups in total. The Hall–Kier alpha value is -2.97. The minimum Gasteiger partial charge on any atom is -0.497 e. The molecule has 5 nitrogen and oxygen atoms in total. The van der Waals surface area contributed by atoms with Gasteiger partial charge in [-0.1, -0.05) is 48.0 Å². The summed E-state index contributed by atoms with van der Waals surface area (Å²) < 4.78 is 27.4. The quantitative estimate of drug-likeness (QED) is 0.167. The van der Waals surface area contributed by atoms with Crippen LogP contribution in [0.3, 0.4) is 0 Å². The maximum atomic E-state index is 14.6. The van der Waals surface area contributed by atoms with Crippen LogP contribution in [0.25, 0.3) is 20.7 Å². The SMILES string of the molecule is COc1ccc(-c2sc3c(c2CBr)c(=O)c(C(OC(C)=O)C(C)C)cn3Cc2ccccc2F)cc1. The largest absolute Gasteiger partial charge is 0.497 e. The zero-order valence-corrected chi connectivity index (χ0v) is 22.9. The molecule has 0 saturated heterocycles. The molecule has 8 heteroatoms. The first-order valence-electron chi connectivity index (χ1n) is 11.5. The summed E-state index contributed by atoms with van der Waals surface area (Å²) in [4.78, 5) is 27.5. The predicted molar refractivity (Wildman–Crippen MR) is 146 cm³/mol. The fourth-order valence-corrected chi connectivity index (χ4v) is 6.33. The number of carbonyl (C=O) groups is 1. The number of fused-ring (bicyclic) bond motifs is 1. The van der Waals surface area contributed by atoms with Crippen LogP contribution in [0.15, 0.2) is 59.5 Å². The maximum Gasteiger partial charge on any atom is 0.303 e. The van der Waals surface area contributed by atoms with Gasteiger partial charge in [0.2, 0.25) is 0 Å². The molecule has 0 aliphatic heterocycles. The molecule has 1 atom stereocenters. The van der Waals surface area contributed by atoms with Crippen molar-refractivity contribution in [1.29, 1.82) is 0 Å². The Bertz CT molecular complexity index is 1460. The number of esters is 1. The van der Waals surface area contributed by atoms with Gasteiger partial charge in [-0.05, 0) is 47.4 Å². The normalized spacial score (nSPS) is 12.2. The lowest BCUT2D eigenvalue weighted by Gasteiger charge is -2.22. The summed E-state index contributed by atoms with van der Waals surface area (Å²) in [5.41, 5.74) is 2.50. The van der Waals surface area contributed by atoms with Crippen molar-refractivity contribution in [3.05, 3.63) is 87.5 Å². The first-order valence-corrected chi connectivity index (χ1v) is 13.5. The number of ether oxygens (including phenoxy) is 2. The molecular weight excluding hydrogens is 545 g/mol. The highest BCUT2D eigenvalue weighted by Crippen LogP contribution is 2.40. The maximum absolute atomic E-state index is 14.6. The van der Waals surface area contributed by atoms with Gasteiger partial charge >= 0.3 is 5.97 Å². The number of pyridine rings is 1. The second-order valence-electron chi connectivity index (χ2n) is 8.86. The van der Waals surface area contributed by atoms with Crippen LogP contribution in [0.4, 0.5) is 4.39 Å². The highest BCUT2D eigenvalue weighted by molar-refractivity contribution is 9.08. The third kappa shape index (κ3) is 5.11. The Balaban J connectivity index is 2.02. The predicted octanol–water partition coefficient (Wildman–Crippen LogP) is 7.08. The van der Waals surface area contributed by atoms with Gasteiger partial charge in [0, 0.05) is 28.9 Å².